The van der Waals surface area contributed by atoms with Gasteiger partial charge in [-0.2, -0.15) is 0 Å². The normalized spacial score (nSPS) is 10.9. The Hall–Kier alpha value is -8.22. The second-order valence-corrected chi connectivity index (χ2v) is 14.9. The van der Waals surface area contributed by atoms with E-state index in [0.717, 1.165) is 99.8 Å². The summed E-state index contributed by atoms with van der Waals surface area (Å²) >= 11 is 0. The van der Waals surface area contributed by atoms with Crippen molar-refractivity contribution in [2.75, 3.05) is 0 Å². The number of hydrogen-bond acceptors (Lipinski definition) is 4. The zero-order chi connectivity index (χ0) is 42.4. The van der Waals surface area contributed by atoms with Gasteiger partial charge in [0.25, 0.3) is 0 Å². The van der Waals surface area contributed by atoms with Crippen molar-refractivity contribution in [3.63, 3.8) is 0 Å². The highest BCUT2D eigenvalue weighted by atomic mass is 15.0. The zero-order valence-corrected chi connectivity index (χ0v) is 34.7. The number of rotatable bonds is 6. The van der Waals surface area contributed by atoms with E-state index in [1.807, 2.05) is 62.9 Å². The largest absolute Gasteiger partial charge is 0.308 e. The van der Waals surface area contributed by atoms with Gasteiger partial charge in [-0.15, -0.1) is 13.2 Å². The fourth-order valence-corrected chi connectivity index (χ4v) is 8.18. The predicted molar refractivity (Wildman–Crippen MR) is 260 cm³/mol. The van der Waals surface area contributed by atoms with E-state index in [9.17, 15) is 0 Å². The Morgan fingerprint density at radius 1 is 0.371 bits per heavy atom. The molecule has 0 fully saturated rings. The van der Waals surface area contributed by atoms with Gasteiger partial charge in [0.15, 0.2) is 0 Å². The molecule has 11 aromatic rings. The molecule has 0 saturated heterocycles. The number of allylic oxidation sites excluding steroid dienone is 2. The highest BCUT2D eigenvalue weighted by Gasteiger charge is 2.18. The lowest BCUT2D eigenvalue weighted by Gasteiger charge is -2.13. The molecule has 62 heavy (non-hydrogen) atoms. The summed E-state index contributed by atoms with van der Waals surface area (Å²) in [6, 6.07) is 56.0. The molecule has 0 aliphatic carbocycles. The van der Waals surface area contributed by atoms with E-state index >= 15 is 0 Å². The van der Waals surface area contributed by atoms with Crippen LogP contribution in [0.2, 0.25) is 0 Å². The summed E-state index contributed by atoms with van der Waals surface area (Å²) in [6.07, 6.45) is 14.7. The van der Waals surface area contributed by atoms with E-state index < -0.39 is 0 Å². The van der Waals surface area contributed by atoms with Gasteiger partial charge in [-0.05, 0) is 138 Å². The van der Waals surface area contributed by atoms with Crippen LogP contribution < -0.4 is 0 Å². The first-order valence-corrected chi connectivity index (χ1v) is 20.6. The molecule has 0 aliphatic rings. The molecule has 0 bridgehead atoms. The molecule has 6 heterocycles. The summed E-state index contributed by atoms with van der Waals surface area (Å²) in [5.41, 5.74) is 17.4. The minimum Gasteiger partial charge on any atom is -0.308 e. The Morgan fingerprint density at radius 3 is 1.16 bits per heavy atom. The van der Waals surface area contributed by atoms with E-state index in [1.54, 1.807) is 24.5 Å². The summed E-state index contributed by atoms with van der Waals surface area (Å²) in [7, 11) is 0. The maximum Gasteiger partial charge on any atom is 0.0963 e. The summed E-state index contributed by atoms with van der Waals surface area (Å²) in [5, 5.41) is 2.22. The van der Waals surface area contributed by atoms with Crippen LogP contribution in [0.15, 0.2) is 220 Å². The molecule has 0 unspecified atom stereocenters. The van der Waals surface area contributed by atoms with Gasteiger partial charge in [0.1, 0.15) is 0 Å². The van der Waals surface area contributed by atoms with Crippen molar-refractivity contribution < 1.29 is 0 Å². The number of nitrogens with zero attached hydrogens (tertiary/aromatic N) is 6. The lowest BCUT2D eigenvalue weighted by molar-refractivity contribution is 1.13. The van der Waals surface area contributed by atoms with Crippen molar-refractivity contribution in [2.24, 2.45) is 0 Å². The maximum absolute atomic E-state index is 4.92. The van der Waals surface area contributed by atoms with Crippen molar-refractivity contribution in [2.45, 2.75) is 13.8 Å². The van der Waals surface area contributed by atoms with E-state index in [-0.39, 0.29) is 0 Å². The molecule has 6 heteroatoms. The van der Waals surface area contributed by atoms with E-state index in [4.69, 9.17) is 9.97 Å². The number of pyridine rings is 4. The number of hydrogen-bond donors (Lipinski definition) is 0. The van der Waals surface area contributed by atoms with Gasteiger partial charge in [-0.25, -0.2) is 0 Å². The van der Waals surface area contributed by atoms with E-state index in [0.29, 0.717) is 0 Å². The Balaban J connectivity index is 0.000000775. The van der Waals surface area contributed by atoms with Crippen LogP contribution in [0, 0.1) is 0 Å². The number of fused-ring (bicyclic) bond motifs is 6. The molecular formula is C56H44N6. The molecule has 6 aromatic heterocycles. The summed E-state index contributed by atoms with van der Waals surface area (Å²) in [4.78, 5) is 18.5. The standard InChI is InChI=1S/C50H32N6.2C3H6/c1-8-33(26-35(10-1)39-12-4-22-51-31-39)37-18-20-45-43(28-37)49-47(16-6-24-53-49)55(45)41-14-3-15-42(30-41)56-46-21-19-38(29-44(46)50-48(56)17-7-25-54-50)34-9-2-11-36(27-34)40-13-5-23-52-32-40;2*1-3-2/h1-32H;2*3H,1H2,2H3. The Morgan fingerprint density at radius 2 is 0.742 bits per heavy atom. The first kappa shape index (κ1) is 39.3. The molecule has 0 radical (unpaired) electrons. The Bertz CT molecular complexity index is 3140. The van der Waals surface area contributed by atoms with Crippen LogP contribution in [0.3, 0.4) is 0 Å². The fourth-order valence-electron chi connectivity index (χ4n) is 8.18. The average molecular weight is 801 g/mol. The third-order valence-electron chi connectivity index (χ3n) is 10.8. The van der Waals surface area contributed by atoms with Gasteiger partial charge in [-0.3, -0.25) is 19.9 Å². The minimum atomic E-state index is 0.972. The van der Waals surface area contributed by atoms with Crippen LogP contribution in [-0.4, -0.2) is 29.1 Å². The van der Waals surface area contributed by atoms with Crippen LogP contribution in [0.25, 0.3) is 99.8 Å². The van der Waals surface area contributed by atoms with Gasteiger partial charge >= 0.3 is 0 Å². The highest BCUT2D eigenvalue weighted by molar-refractivity contribution is 6.10. The SMILES string of the molecule is C=CC.C=CC.c1cncc(-c2cccc(-c3ccc4c(c3)c3ncccc3n4-c3cccc(-n4c5ccc(-c6cccc(-c7cccnc7)c6)cc5c5ncccc54)c3)c2)c1. The van der Waals surface area contributed by atoms with Crippen LogP contribution in [-0.2, 0) is 0 Å². The molecule has 298 valence electrons. The molecule has 0 atom stereocenters. The summed E-state index contributed by atoms with van der Waals surface area (Å²) in [5.74, 6) is 0. The van der Waals surface area contributed by atoms with Crippen LogP contribution >= 0.6 is 0 Å². The number of aromatic nitrogens is 6. The monoisotopic (exact) mass is 800 g/mol. The summed E-state index contributed by atoms with van der Waals surface area (Å²) < 4.78 is 4.66. The zero-order valence-electron chi connectivity index (χ0n) is 34.7. The fraction of sp³-hybridized carbons (Fsp3) is 0.0357. The Labute approximate surface area is 361 Å². The van der Waals surface area contributed by atoms with Crippen LogP contribution in [0.4, 0.5) is 0 Å². The lowest BCUT2D eigenvalue weighted by atomic mass is 9.99. The molecule has 0 spiro atoms. The molecule has 5 aromatic carbocycles. The third kappa shape index (κ3) is 7.46. The molecule has 6 nitrogen and oxygen atoms in total. The second-order valence-electron chi connectivity index (χ2n) is 14.9. The third-order valence-corrected chi connectivity index (χ3v) is 10.8. The second kappa shape index (κ2) is 17.6. The maximum atomic E-state index is 4.92. The molecule has 0 aliphatic heterocycles. The first-order chi connectivity index (χ1) is 30.6. The predicted octanol–water partition coefficient (Wildman–Crippen LogP) is 14.5. The van der Waals surface area contributed by atoms with Crippen LogP contribution in [0.5, 0.6) is 0 Å². The van der Waals surface area contributed by atoms with Crippen molar-refractivity contribution >= 4 is 43.9 Å². The summed E-state index contributed by atoms with van der Waals surface area (Å²) in [6.45, 7) is 10.5. The van der Waals surface area contributed by atoms with Crippen molar-refractivity contribution in [3.8, 4) is 55.9 Å². The van der Waals surface area contributed by atoms with Gasteiger partial charge in [0, 0.05) is 70.5 Å². The quantitative estimate of drug-likeness (QED) is 0.157. The van der Waals surface area contributed by atoms with Gasteiger partial charge in [0.05, 0.1) is 33.1 Å². The topological polar surface area (TPSA) is 61.4 Å². The number of benzene rings is 5. The lowest BCUT2D eigenvalue weighted by Crippen LogP contribution is -1.98. The average Bonchev–Trinajstić information content (AvgIpc) is 3.85. The minimum absolute atomic E-state index is 0.972. The van der Waals surface area contributed by atoms with Gasteiger partial charge < -0.3 is 9.13 Å². The first-order valence-electron chi connectivity index (χ1n) is 20.6. The van der Waals surface area contributed by atoms with Crippen molar-refractivity contribution in [1.82, 2.24) is 29.1 Å². The van der Waals surface area contributed by atoms with Crippen LogP contribution in [0.1, 0.15) is 13.8 Å². The van der Waals surface area contributed by atoms with Gasteiger partial charge in [-0.1, -0.05) is 78.9 Å². The van der Waals surface area contributed by atoms with Crippen molar-refractivity contribution in [3.05, 3.63) is 220 Å². The molecule has 11 rings (SSSR count). The van der Waals surface area contributed by atoms with Crippen molar-refractivity contribution in [1.29, 1.82) is 0 Å². The van der Waals surface area contributed by atoms with E-state index in [2.05, 4.69) is 166 Å². The van der Waals surface area contributed by atoms with Gasteiger partial charge in [0.2, 0.25) is 0 Å². The Kier molecular flexibility index (Phi) is 11.1. The molecule has 0 saturated carbocycles. The van der Waals surface area contributed by atoms with E-state index in [1.165, 1.54) is 0 Å². The highest BCUT2D eigenvalue weighted by Crippen LogP contribution is 2.38. The molecule has 0 N–H and O–H groups in total. The molecule has 0 amide bonds. The molecular weight excluding hydrogens is 757 g/mol. The smallest absolute Gasteiger partial charge is 0.0963 e.